The van der Waals surface area contributed by atoms with Gasteiger partial charge in [-0.25, -0.2) is 9.97 Å². The smallest absolute Gasteiger partial charge is 0.274 e. The predicted molar refractivity (Wildman–Crippen MR) is 111 cm³/mol. The minimum atomic E-state index is -0.271. The molecule has 8 heteroatoms. The van der Waals surface area contributed by atoms with E-state index in [0.29, 0.717) is 19.5 Å². The van der Waals surface area contributed by atoms with Crippen molar-refractivity contribution in [2.45, 2.75) is 26.2 Å². The Morgan fingerprint density at radius 2 is 1.79 bits per heavy atom. The first-order valence-electron chi connectivity index (χ1n) is 9.93. The summed E-state index contributed by atoms with van der Waals surface area (Å²) in [6, 6.07) is 6.01. The Labute approximate surface area is 171 Å². The lowest BCUT2D eigenvalue weighted by atomic mass is 10.2. The molecule has 0 aromatic carbocycles. The average Bonchev–Trinajstić information content (AvgIpc) is 2.72. The van der Waals surface area contributed by atoms with Gasteiger partial charge in [0.05, 0.1) is 11.9 Å². The second-order valence-corrected chi connectivity index (χ2v) is 7.45. The summed E-state index contributed by atoms with van der Waals surface area (Å²) in [6.45, 7) is 3.73. The van der Waals surface area contributed by atoms with Crippen molar-refractivity contribution >= 4 is 17.6 Å². The number of fused-ring (bicyclic) bond motifs is 2. The summed E-state index contributed by atoms with van der Waals surface area (Å²) in [5.74, 6) is 0.582. The zero-order valence-electron chi connectivity index (χ0n) is 17.3. The first kappa shape index (κ1) is 20.7. The highest BCUT2D eigenvalue weighted by atomic mass is 16.2. The fourth-order valence-corrected chi connectivity index (χ4v) is 3.26. The van der Waals surface area contributed by atoms with Gasteiger partial charge in [0, 0.05) is 45.6 Å². The van der Waals surface area contributed by atoms with Gasteiger partial charge in [-0.05, 0) is 38.3 Å². The van der Waals surface area contributed by atoms with Gasteiger partial charge in [-0.3, -0.25) is 14.6 Å². The van der Waals surface area contributed by atoms with E-state index in [9.17, 15) is 9.59 Å². The third-order valence-corrected chi connectivity index (χ3v) is 5.07. The molecule has 1 aliphatic rings. The Balaban J connectivity index is 1.80. The third kappa shape index (κ3) is 5.49. The van der Waals surface area contributed by atoms with Crippen LogP contribution in [0.4, 0.5) is 5.82 Å². The molecule has 3 heterocycles. The van der Waals surface area contributed by atoms with Crippen LogP contribution in [0.1, 0.15) is 34.7 Å². The summed E-state index contributed by atoms with van der Waals surface area (Å²) in [6.07, 6.45) is 5.30. The molecule has 2 aromatic rings. The maximum Gasteiger partial charge on any atom is 0.274 e. The number of nitrogens with zero attached hydrogens (tertiary/aromatic N) is 6. The van der Waals surface area contributed by atoms with Crippen LogP contribution in [0.2, 0.25) is 0 Å². The molecule has 3 rings (SSSR count). The number of amides is 2. The van der Waals surface area contributed by atoms with Crippen molar-refractivity contribution in [3.05, 3.63) is 47.7 Å². The van der Waals surface area contributed by atoms with Crippen LogP contribution < -0.4 is 4.90 Å². The lowest BCUT2D eigenvalue weighted by Gasteiger charge is -2.26. The van der Waals surface area contributed by atoms with Gasteiger partial charge in [0.2, 0.25) is 5.91 Å². The first-order valence-corrected chi connectivity index (χ1v) is 9.93. The molecule has 0 saturated carbocycles. The van der Waals surface area contributed by atoms with E-state index < -0.39 is 0 Å². The predicted octanol–water partition coefficient (Wildman–Crippen LogP) is 1.55. The molecule has 0 aliphatic carbocycles. The lowest BCUT2D eigenvalue weighted by molar-refractivity contribution is -0.130. The van der Waals surface area contributed by atoms with E-state index in [1.54, 1.807) is 23.0 Å². The fourth-order valence-electron chi connectivity index (χ4n) is 3.26. The van der Waals surface area contributed by atoms with Gasteiger partial charge in [-0.15, -0.1) is 0 Å². The van der Waals surface area contributed by atoms with E-state index in [1.165, 1.54) is 6.20 Å². The first-order chi connectivity index (χ1) is 13.9. The van der Waals surface area contributed by atoms with Crippen LogP contribution in [0.5, 0.6) is 0 Å². The van der Waals surface area contributed by atoms with E-state index in [-0.39, 0.29) is 24.1 Å². The highest BCUT2D eigenvalue weighted by molar-refractivity contribution is 5.94. The molecule has 0 atom stereocenters. The van der Waals surface area contributed by atoms with E-state index in [0.717, 1.165) is 36.6 Å². The number of aromatic nitrogens is 3. The average molecular weight is 396 g/mol. The number of carbonyl (C=O) groups is 2. The summed E-state index contributed by atoms with van der Waals surface area (Å²) in [7, 11) is 3.80. The molecule has 0 N–H and O–H groups in total. The molecule has 0 fully saturated rings. The topological polar surface area (TPSA) is 82.5 Å². The number of hydrogen-bond acceptors (Lipinski definition) is 6. The van der Waals surface area contributed by atoms with E-state index >= 15 is 0 Å². The van der Waals surface area contributed by atoms with E-state index in [4.69, 9.17) is 4.98 Å². The lowest BCUT2D eigenvalue weighted by Crippen LogP contribution is -2.43. The van der Waals surface area contributed by atoms with Crippen LogP contribution >= 0.6 is 0 Å². The number of pyridine rings is 1. The molecule has 2 aromatic heterocycles. The number of aryl methyl sites for hydroxylation is 2. The quantitative estimate of drug-likeness (QED) is 0.727. The van der Waals surface area contributed by atoms with Crippen molar-refractivity contribution in [2.75, 3.05) is 45.2 Å². The Morgan fingerprint density at radius 3 is 2.55 bits per heavy atom. The van der Waals surface area contributed by atoms with Gasteiger partial charge in [-0.2, -0.15) is 0 Å². The molecule has 2 amide bonds. The molecule has 0 radical (unpaired) electrons. The molecular formula is C21H28N6O2. The number of rotatable bonds is 1. The van der Waals surface area contributed by atoms with Gasteiger partial charge < -0.3 is 14.7 Å². The monoisotopic (exact) mass is 396 g/mol. The summed E-state index contributed by atoms with van der Waals surface area (Å²) in [5, 5.41) is 0. The largest absolute Gasteiger partial charge is 0.360 e. The molecular weight excluding hydrogens is 368 g/mol. The number of anilines is 1. The number of likely N-dealkylation sites (N-methyl/N-ethyl adjacent to an activating group) is 1. The van der Waals surface area contributed by atoms with Crippen LogP contribution in [0, 0.1) is 6.92 Å². The maximum atomic E-state index is 13.0. The SMILES string of the molecule is Cc1cnc(C(=O)N2CCCc3cccc(n3)N(C)CCCN(C)C(=O)C2)cn1. The number of hydrogen-bond donors (Lipinski definition) is 0. The van der Waals surface area contributed by atoms with Crippen LogP contribution in [-0.4, -0.2) is 76.8 Å². The Hall–Kier alpha value is -3.03. The summed E-state index contributed by atoms with van der Waals surface area (Å²) >= 11 is 0. The molecule has 0 saturated heterocycles. The zero-order valence-corrected chi connectivity index (χ0v) is 17.3. The third-order valence-electron chi connectivity index (χ3n) is 5.07. The Morgan fingerprint density at radius 1 is 1.00 bits per heavy atom. The van der Waals surface area contributed by atoms with Gasteiger partial charge in [0.1, 0.15) is 18.1 Å². The van der Waals surface area contributed by atoms with Gasteiger partial charge >= 0.3 is 0 Å². The van der Waals surface area contributed by atoms with Crippen LogP contribution in [0.3, 0.4) is 0 Å². The van der Waals surface area contributed by atoms with Crippen molar-refractivity contribution in [3.63, 3.8) is 0 Å². The van der Waals surface area contributed by atoms with Crippen molar-refractivity contribution in [3.8, 4) is 0 Å². The van der Waals surface area contributed by atoms with Gasteiger partial charge in [0.15, 0.2) is 0 Å². The van der Waals surface area contributed by atoms with Crippen LogP contribution in [-0.2, 0) is 11.2 Å². The van der Waals surface area contributed by atoms with Crippen molar-refractivity contribution in [1.82, 2.24) is 24.8 Å². The van der Waals surface area contributed by atoms with Crippen molar-refractivity contribution in [2.24, 2.45) is 0 Å². The summed E-state index contributed by atoms with van der Waals surface area (Å²) in [4.78, 5) is 44.1. The van der Waals surface area contributed by atoms with E-state index in [2.05, 4.69) is 14.9 Å². The normalized spacial score (nSPS) is 16.5. The van der Waals surface area contributed by atoms with Gasteiger partial charge in [-0.1, -0.05) is 6.07 Å². The van der Waals surface area contributed by atoms with E-state index in [1.807, 2.05) is 32.2 Å². The minimum Gasteiger partial charge on any atom is -0.360 e. The second kappa shape index (κ2) is 9.45. The van der Waals surface area contributed by atoms with Crippen LogP contribution in [0.25, 0.3) is 0 Å². The Kier molecular flexibility index (Phi) is 6.74. The highest BCUT2D eigenvalue weighted by Crippen LogP contribution is 2.13. The second-order valence-electron chi connectivity index (χ2n) is 7.45. The zero-order chi connectivity index (χ0) is 20.8. The molecule has 0 unspecified atom stereocenters. The molecule has 8 nitrogen and oxygen atoms in total. The molecule has 1 aliphatic heterocycles. The highest BCUT2D eigenvalue weighted by Gasteiger charge is 2.22. The fraction of sp³-hybridized carbons (Fsp3) is 0.476. The van der Waals surface area contributed by atoms with Crippen LogP contribution in [0.15, 0.2) is 30.6 Å². The van der Waals surface area contributed by atoms with Crippen molar-refractivity contribution in [1.29, 1.82) is 0 Å². The molecule has 2 bridgehead atoms. The summed E-state index contributed by atoms with van der Waals surface area (Å²) in [5.41, 5.74) is 1.99. The minimum absolute atomic E-state index is 0.0359. The molecule has 0 spiro atoms. The van der Waals surface area contributed by atoms with Gasteiger partial charge in [0.25, 0.3) is 5.91 Å². The Bertz CT molecular complexity index is 855. The maximum absolute atomic E-state index is 13.0. The summed E-state index contributed by atoms with van der Waals surface area (Å²) < 4.78 is 0. The molecule has 154 valence electrons. The molecule has 29 heavy (non-hydrogen) atoms. The van der Waals surface area contributed by atoms with Crippen molar-refractivity contribution < 1.29 is 9.59 Å². The standard InChI is InChI=1S/C21H28N6O2/c1-16-13-23-18(14-22-16)21(29)27-12-5-8-17-7-4-9-19(24-17)25(2)10-6-11-26(3)20(28)15-27/h4,7,9,13-14H,5-6,8,10-12,15H2,1-3H3. The number of carbonyl (C=O) groups excluding carboxylic acids is 2.